The zero-order valence-corrected chi connectivity index (χ0v) is 13.4. The van der Waals surface area contributed by atoms with Crippen LogP contribution in [0.5, 0.6) is 11.6 Å². The van der Waals surface area contributed by atoms with Gasteiger partial charge in [-0.1, -0.05) is 6.07 Å². The van der Waals surface area contributed by atoms with Crippen molar-refractivity contribution in [3.8, 4) is 11.6 Å². The first-order valence-electron chi connectivity index (χ1n) is 7.35. The van der Waals surface area contributed by atoms with E-state index in [1.54, 1.807) is 38.2 Å². The van der Waals surface area contributed by atoms with Crippen LogP contribution in [0.2, 0.25) is 0 Å². The van der Waals surface area contributed by atoms with Crippen molar-refractivity contribution in [3.05, 3.63) is 57.8 Å². The predicted octanol–water partition coefficient (Wildman–Crippen LogP) is 3.79. The Morgan fingerprint density at radius 2 is 2.04 bits per heavy atom. The monoisotopic (exact) mass is 316 g/mol. The highest BCUT2D eigenvalue weighted by molar-refractivity contribution is 5.46. The van der Waals surface area contributed by atoms with E-state index in [-0.39, 0.29) is 5.69 Å². The number of nitro groups is 1. The van der Waals surface area contributed by atoms with Gasteiger partial charge in [0.15, 0.2) is 0 Å². The summed E-state index contributed by atoms with van der Waals surface area (Å²) >= 11 is 0. The molecule has 122 valence electrons. The lowest BCUT2D eigenvalue weighted by atomic mass is 9.98. The van der Waals surface area contributed by atoms with Crippen LogP contribution in [0.25, 0.3) is 0 Å². The third-order valence-electron chi connectivity index (χ3n) is 3.36. The van der Waals surface area contributed by atoms with Crippen molar-refractivity contribution in [2.45, 2.75) is 39.2 Å². The molecule has 0 atom stereocenters. The molecule has 0 spiro atoms. The average molecular weight is 316 g/mol. The summed E-state index contributed by atoms with van der Waals surface area (Å²) in [4.78, 5) is 14.9. The minimum Gasteiger partial charge on any atom is -0.439 e. The molecular formula is C17H20N2O4. The fourth-order valence-corrected chi connectivity index (χ4v) is 2.08. The molecule has 0 aliphatic heterocycles. The van der Waals surface area contributed by atoms with Gasteiger partial charge in [0.25, 0.3) is 5.69 Å². The van der Waals surface area contributed by atoms with E-state index in [4.69, 9.17) is 4.74 Å². The molecule has 2 rings (SSSR count). The minimum absolute atomic E-state index is 0.0264. The Kier molecular flexibility index (Phi) is 4.95. The summed E-state index contributed by atoms with van der Waals surface area (Å²) in [6, 6.07) is 8.22. The molecule has 0 saturated carbocycles. The van der Waals surface area contributed by atoms with Gasteiger partial charge in [-0.3, -0.25) is 10.1 Å². The SMILES string of the molecule is Cc1ccc(Oc2ccc([N+](=O)[O-])c(CCC(C)(C)O)c2)nc1. The largest absolute Gasteiger partial charge is 0.439 e. The van der Waals surface area contributed by atoms with Crippen LogP contribution in [0.3, 0.4) is 0 Å². The molecule has 0 radical (unpaired) electrons. The zero-order chi connectivity index (χ0) is 17.0. The summed E-state index contributed by atoms with van der Waals surface area (Å²) in [5.74, 6) is 0.913. The Bertz CT molecular complexity index is 691. The van der Waals surface area contributed by atoms with Gasteiger partial charge in [0.2, 0.25) is 5.88 Å². The Balaban J connectivity index is 2.24. The highest BCUT2D eigenvalue weighted by atomic mass is 16.6. The van der Waals surface area contributed by atoms with Crippen LogP contribution >= 0.6 is 0 Å². The van der Waals surface area contributed by atoms with E-state index < -0.39 is 10.5 Å². The summed E-state index contributed by atoms with van der Waals surface area (Å²) in [5.41, 5.74) is 0.690. The highest BCUT2D eigenvalue weighted by Crippen LogP contribution is 2.29. The number of rotatable bonds is 6. The molecule has 0 amide bonds. The predicted molar refractivity (Wildman–Crippen MR) is 86.8 cm³/mol. The third kappa shape index (κ3) is 5.03. The van der Waals surface area contributed by atoms with Gasteiger partial charge in [0.1, 0.15) is 5.75 Å². The van der Waals surface area contributed by atoms with Crippen molar-refractivity contribution in [3.63, 3.8) is 0 Å². The molecule has 1 aromatic carbocycles. The number of ether oxygens (including phenoxy) is 1. The third-order valence-corrected chi connectivity index (χ3v) is 3.36. The first-order valence-corrected chi connectivity index (χ1v) is 7.35. The normalized spacial score (nSPS) is 11.3. The topological polar surface area (TPSA) is 85.5 Å². The molecule has 0 bridgehead atoms. The minimum atomic E-state index is -0.886. The van der Waals surface area contributed by atoms with Crippen LogP contribution < -0.4 is 4.74 Å². The van der Waals surface area contributed by atoms with E-state index in [1.165, 1.54) is 6.07 Å². The smallest absolute Gasteiger partial charge is 0.272 e. The van der Waals surface area contributed by atoms with E-state index in [0.29, 0.717) is 30.0 Å². The average Bonchev–Trinajstić information content (AvgIpc) is 2.47. The number of aryl methyl sites for hydroxylation is 2. The molecule has 1 heterocycles. The van der Waals surface area contributed by atoms with E-state index in [0.717, 1.165) is 5.56 Å². The Morgan fingerprint density at radius 3 is 2.61 bits per heavy atom. The quantitative estimate of drug-likeness (QED) is 0.647. The highest BCUT2D eigenvalue weighted by Gasteiger charge is 2.19. The van der Waals surface area contributed by atoms with Crippen molar-refractivity contribution < 1.29 is 14.8 Å². The molecule has 0 unspecified atom stereocenters. The summed E-state index contributed by atoms with van der Waals surface area (Å²) in [6.45, 7) is 5.28. The van der Waals surface area contributed by atoms with Crippen molar-refractivity contribution in [1.82, 2.24) is 4.98 Å². The fraction of sp³-hybridized carbons (Fsp3) is 0.353. The number of aromatic nitrogens is 1. The maximum Gasteiger partial charge on any atom is 0.272 e. The van der Waals surface area contributed by atoms with E-state index in [1.807, 2.05) is 13.0 Å². The van der Waals surface area contributed by atoms with Gasteiger partial charge < -0.3 is 9.84 Å². The van der Waals surface area contributed by atoms with Crippen molar-refractivity contribution in [2.75, 3.05) is 0 Å². The molecule has 6 heteroatoms. The van der Waals surface area contributed by atoms with Crippen molar-refractivity contribution in [1.29, 1.82) is 0 Å². The first kappa shape index (κ1) is 16.9. The number of nitrogens with zero attached hydrogens (tertiary/aromatic N) is 2. The maximum absolute atomic E-state index is 11.1. The van der Waals surface area contributed by atoms with Crippen molar-refractivity contribution in [2.24, 2.45) is 0 Å². The van der Waals surface area contributed by atoms with Gasteiger partial charge in [-0.2, -0.15) is 0 Å². The van der Waals surface area contributed by atoms with E-state index >= 15 is 0 Å². The number of hydrogen-bond donors (Lipinski definition) is 1. The molecule has 0 aliphatic carbocycles. The molecule has 6 nitrogen and oxygen atoms in total. The van der Waals surface area contributed by atoms with Crippen LogP contribution in [0.1, 0.15) is 31.4 Å². The van der Waals surface area contributed by atoms with Crippen LogP contribution in [-0.2, 0) is 6.42 Å². The number of aliphatic hydroxyl groups is 1. The maximum atomic E-state index is 11.1. The lowest BCUT2D eigenvalue weighted by molar-refractivity contribution is -0.385. The first-order chi connectivity index (χ1) is 10.7. The number of hydrogen-bond acceptors (Lipinski definition) is 5. The lowest BCUT2D eigenvalue weighted by Crippen LogP contribution is -2.19. The van der Waals surface area contributed by atoms with Crippen LogP contribution in [-0.4, -0.2) is 20.6 Å². The van der Waals surface area contributed by atoms with Crippen molar-refractivity contribution >= 4 is 5.69 Å². The molecule has 23 heavy (non-hydrogen) atoms. The van der Waals surface area contributed by atoms with Gasteiger partial charge in [0, 0.05) is 23.9 Å². The number of benzene rings is 1. The second-order valence-corrected chi connectivity index (χ2v) is 6.14. The standard InChI is InChI=1S/C17H20N2O4/c1-12-4-7-16(18-11-12)23-14-5-6-15(19(21)22)13(10-14)8-9-17(2,3)20/h4-7,10-11,20H,8-9H2,1-3H3. The molecule has 0 fully saturated rings. The summed E-state index contributed by atoms with van der Waals surface area (Å²) in [6.07, 6.45) is 2.49. The zero-order valence-electron chi connectivity index (χ0n) is 13.4. The number of nitro benzene ring substituents is 1. The molecular weight excluding hydrogens is 296 g/mol. The van der Waals surface area contributed by atoms with Crippen LogP contribution in [0.4, 0.5) is 5.69 Å². The Labute approximate surface area is 134 Å². The van der Waals surface area contributed by atoms with E-state index in [2.05, 4.69) is 4.98 Å². The second kappa shape index (κ2) is 6.75. The molecule has 0 saturated heterocycles. The Morgan fingerprint density at radius 1 is 1.30 bits per heavy atom. The lowest BCUT2D eigenvalue weighted by Gasteiger charge is -2.17. The van der Waals surface area contributed by atoms with Gasteiger partial charge in [-0.15, -0.1) is 0 Å². The molecule has 1 N–H and O–H groups in total. The van der Waals surface area contributed by atoms with Gasteiger partial charge in [-0.25, -0.2) is 4.98 Å². The molecule has 1 aromatic heterocycles. The molecule has 2 aromatic rings. The number of pyridine rings is 1. The van der Waals surface area contributed by atoms with E-state index in [9.17, 15) is 15.2 Å². The molecule has 0 aliphatic rings. The second-order valence-electron chi connectivity index (χ2n) is 6.14. The van der Waals surface area contributed by atoms with Gasteiger partial charge in [-0.05, 0) is 51.3 Å². The van der Waals surface area contributed by atoms with Crippen LogP contribution in [0, 0.1) is 17.0 Å². The van der Waals surface area contributed by atoms with Gasteiger partial charge in [0.05, 0.1) is 10.5 Å². The summed E-state index contributed by atoms with van der Waals surface area (Å²) in [7, 11) is 0. The summed E-state index contributed by atoms with van der Waals surface area (Å²) in [5, 5.41) is 21.0. The summed E-state index contributed by atoms with van der Waals surface area (Å²) < 4.78 is 5.64. The van der Waals surface area contributed by atoms with Crippen LogP contribution in [0.15, 0.2) is 36.5 Å². The Hall–Kier alpha value is -2.47. The van der Waals surface area contributed by atoms with Gasteiger partial charge >= 0.3 is 0 Å². The fourth-order valence-electron chi connectivity index (χ4n) is 2.08.